The number of aliphatic hydroxyl groups excluding tert-OH is 2. The van der Waals surface area contributed by atoms with Gasteiger partial charge in [0, 0.05) is 0 Å². The van der Waals surface area contributed by atoms with E-state index in [2.05, 4.69) is 26.6 Å². The lowest BCUT2D eigenvalue weighted by Gasteiger charge is -2.29. The fraction of sp³-hybridized carbons (Fsp3) is 0.500. The number of halogens is 1. The monoisotopic (exact) mass is 348 g/mol. The quantitative estimate of drug-likeness (QED) is 0.555. The van der Waals surface area contributed by atoms with E-state index in [0.29, 0.717) is 11.1 Å². The largest absolute Gasteiger partial charge is 0.444 e. The minimum absolute atomic E-state index is 0.0794. The molecule has 0 fully saturated rings. The van der Waals surface area contributed by atoms with Crippen molar-refractivity contribution in [2.24, 2.45) is 0 Å². The predicted molar refractivity (Wildman–Crippen MR) is 74.1 cm³/mol. The van der Waals surface area contributed by atoms with Crippen LogP contribution in [0.4, 0.5) is 0 Å². The summed E-state index contributed by atoms with van der Waals surface area (Å²) in [6.07, 6.45) is 0.366. The Morgan fingerprint density at radius 1 is 1.35 bits per heavy atom. The van der Waals surface area contributed by atoms with Crippen LogP contribution in [0.1, 0.15) is 23.9 Å². The fourth-order valence-corrected chi connectivity index (χ4v) is 1.77. The second-order valence-corrected chi connectivity index (χ2v) is 5.07. The van der Waals surface area contributed by atoms with Crippen LogP contribution in [0.3, 0.4) is 0 Å². The minimum atomic E-state index is -1.07. The molecule has 0 radical (unpaired) electrons. The van der Waals surface area contributed by atoms with E-state index in [9.17, 15) is 19.8 Å². The zero-order valence-electron chi connectivity index (χ0n) is 11.0. The van der Waals surface area contributed by atoms with Crippen molar-refractivity contribution in [3.05, 3.63) is 22.6 Å². The van der Waals surface area contributed by atoms with Gasteiger partial charge in [-0.3, -0.25) is 9.59 Å². The predicted octanol–water partition coefficient (Wildman–Crippen LogP) is 0.0215. The van der Waals surface area contributed by atoms with E-state index >= 15 is 0 Å². The number of hydrogen-bond donors (Lipinski definition) is 4. The van der Waals surface area contributed by atoms with Gasteiger partial charge in [-0.25, -0.2) is 0 Å². The number of aliphatic hydroxyl groups is 2. The number of carbonyl (C=O) groups is 2. The first-order chi connectivity index (χ1) is 9.46. The maximum Gasteiger partial charge on any atom is 0.287 e. The summed E-state index contributed by atoms with van der Waals surface area (Å²) in [4.78, 5) is 23.3. The molecule has 1 heterocycles. The Labute approximate surface area is 124 Å². The van der Waals surface area contributed by atoms with E-state index in [1.165, 1.54) is 6.07 Å². The van der Waals surface area contributed by atoms with E-state index in [1.54, 1.807) is 13.0 Å². The van der Waals surface area contributed by atoms with Crippen LogP contribution in [0.15, 0.2) is 21.2 Å². The van der Waals surface area contributed by atoms with Crippen LogP contribution in [0.2, 0.25) is 0 Å². The molecule has 0 bridgehead atoms. The van der Waals surface area contributed by atoms with Gasteiger partial charge in [0.05, 0.1) is 25.3 Å². The number of rotatable bonds is 7. The molecule has 1 aromatic rings. The lowest BCUT2D eigenvalue weighted by atomic mass is 9.98. The molecule has 0 spiro atoms. The fourth-order valence-electron chi connectivity index (χ4n) is 1.46. The summed E-state index contributed by atoms with van der Waals surface area (Å²) in [5.74, 6) is -0.953. The topological polar surface area (TPSA) is 112 Å². The van der Waals surface area contributed by atoms with E-state index in [4.69, 9.17) is 4.42 Å². The van der Waals surface area contributed by atoms with Gasteiger partial charge in [-0.1, -0.05) is 6.92 Å². The van der Waals surface area contributed by atoms with Crippen molar-refractivity contribution in [3.63, 3.8) is 0 Å². The number of amides is 2. The van der Waals surface area contributed by atoms with Gasteiger partial charge in [0.1, 0.15) is 0 Å². The first-order valence-electron chi connectivity index (χ1n) is 6.02. The van der Waals surface area contributed by atoms with Gasteiger partial charge in [0.25, 0.3) is 5.91 Å². The molecular weight excluding hydrogens is 332 g/mol. The first-order valence-corrected chi connectivity index (χ1v) is 6.82. The lowest BCUT2D eigenvalue weighted by molar-refractivity contribution is -0.123. The van der Waals surface area contributed by atoms with Gasteiger partial charge in [0.2, 0.25) is 5.91 Å². The third-order valence-electron chi connectivity index (χ3n) is 2.89. The summed E-state index contributed by atoms with van der Waals surface area (Å²) in [6, 6.07) is 3.03. The average Bonchev–Trinajstić information content (AvgIpc) is 2.89. The van der Waals surface area contributed by atoms with Crippen molar-refractivity contribution in [3.8, 4) is 0 Å². The molecule has 0 saturated carbocycles. The van der Waals surface area contributed by atoms with Crippen LogP contribution in [-0.4, -0.2) is 47.3 Å². The Morgan fingerprint density at radius 3 is 2.45 bits per heavy atom. The molecule has 0 saturated heterocycles. The van der Waals surface area contributed by atoms with Gasteiger partial charge >= 0.3 is 0 Å². The van der Waals surface area contributed by atoms with Crippen molar-refractivity contribution >= 4 is 27.7 Å². The summed E-state index contributed by atoms with van der Waals surface area (Å²) in [6.45, 7) is 0.681. The van der Waals surface area contributed by atoms with Crippen molar-refractivity contribution in [1.82, 2.24) is 10.6 Å². The Hall–Kier alpha value is -1.38. The van der Waals surface area contributed by atoms with Crippen LogP contribution >= 0.6 is 15.9 Å². The summed E-state index contributed by atoms with van der Waals surface area (Å²) in [5.41, 5.74) is -1.07. The highest BCUT2D eigenvalue weighted by atomic mass is 79.9. The van der Waals surface area contributed by atoms with Crippen LogP contribution in [0.25, 0.3) is 0 Å². The third kappa shape index (κ3) is 4.32. The smallest absolute Gasteiger partial charge is 0.287 e. The number of hydrogen-bond acceptors (Lipinski definition) is 5. The third-order valence-corrected chi connectivity index (χ3v) is 3.32. The molecule has 4 N–H and O–H groups in total. The number of furan rings is 1. The normalized spacial score (nSPS) is 11.2. The standard InChI is InChI=1S/C12H17BrN2O5/c1-2-12(6-16,7-17)15-10(18)5-14-11(19)8-3-4-9(13)20-8/h3-4,16-17H,2,5-7H2,1H3,(H,14,19)(H,15,18). The van der Waals surface area contributed by atoms with E-state index in [1.807, 2.05) is 0 Å². The van der Waals surface area contributed by atoms with Crippen molar-refractivity contribution in [2.45, 2.75) is 18.9 Å². The van der Waals surface area contributed by atoms with Crippen LogP contribution in [-0.2, 0) is 4.79 Å². The summed E-state index contributed by atoms with van der Waals surface area (Å²) < 4.78 is 5.45. The van der Waals surface area contributed by atoms with Gasteiger partial charge in [-0.15, -0.1) is 0 Å². The van der Waals surface area contributed by atoms with Gasteiger partial charge in [-0.2, -0.15) is 0 Å². The Balaban J connectivity index is 2.49. The molecular formula is C12H17BrN2O5. The zero-order valence-corrected chi connectivity index (χ0v) is 12.6. The summed E-state index contributed by atoms with van der Waals surface area (Å²) in [5, 5.41) is 23.3. The molecule has 7 nitrogen and oxygen atoms in total. The highest BCUT2D eigenvalue weighted by Gasteiger charge is 2.28. The summed E-state index contributed by atoms with van der Waals surface area (Å²) in [7, 11) is 0. The second kappa shape index (κ2) is 7.41. The molecule has 0 atom stereocenters. The van der Waals surface area contributed by atoms with Gasteiger partial charge < -0.3 is 25.3 Å². The van der Waals surface area contributed by atoms with E-state index in [0.717, 1.165) is 0 Å². The molecule has 1 aromatic heterocycles. The average molecular weight is 349 g/mol. The number of carbonyl (C=O) groups excluding carboxylic acids is 2. The highest BCUT2D eigenvalue weighted by Crippen LogP contribution is 2.13. The minimum Gasteiger partial charge on any atom is -0.444 e. The molecule has 8 heteroatoms. The van der Waals surface area contributed by atoms with Crippen molar-refractivity contribution < 1.29 is 24.2 Å². The zero-order chi connectivity index (χ0) is 15.2. The Kier molecular flexibility index (Phi) is 6.18. The van der Waals surface area contributed by atoms with Crippen molar-refractivity contribution in [1.29, 1.82) is 0 Å². The molecule has 1 rings (SSSR count). The lowest BCUT2D eigenvalue weighted by Crippen LogP contribution is -2.55. The van der Waals surface area contributed by atoms with Crippen LogP contribution in [0, 0.1) is 0 Å². The molecule has 0 aliphatic rings. The van der Waals surface area contributed by atoms with Crippen LogP contribution < -0.4 is 10.6 Å². The maximum absolute atomic E-state index is 11.7. The molecule has 20 heavy (non-hydrogen) atoms. The van der Waals surface area contributed by atoms with E-state index < -0.39 is 17.4 Å². The molecule has 112 valence electrons. The SMILES string of the molecule is CCC(CO)(CO)NC(=O)CNC(=O)c1ccc(Br)o1. The Bertz CT molecular complexity index is 462. The molecule has 0 unspecified atom stereocenters. The highest BCUT2D eigenvalue weighted by molar-refractivity contribution is 9.10. The molecule has 0 aliphatic carbocycles. The molecule has 0 aromatic carbocycles. The van der Waals surface area contributed by atoms with Gasteiger partial charge in [0.15, 0.2) is 10.4 Å². The molecule has 0 aliphatic heterocycles. The number of nitrogens with one attached hydrogen (secondary N) is 2. The second-order valence-electron chi connectivity index (χ2n) is 4.28. The Morgan fingerprint density at radius 2 is 2.00 bits per heavy atom. The van der Waals surface area contributed by atoms with Gasteiger partial charge in [-0.05, 0) is 34.5 Å². The van der Waals surface area contributed by atoms with Crippen molar-refractivity contribution in [2.75, 3.05) is 19.8 Å². The van der Waals surface area contributed by atoms with E-state index in [-0.39, 0.29) is 25.5 Å². The first kappa shape index (κ1) is 16.7. The van der Waals surface area contributed by atoms with Crippen LogP contribution in [0.5, 0.6) is 0 Å². The molecule has 2 amide bonds. The summed E-state index contributed by atoms with van der Waals surface area (Å²) >= 11 is 3.07. The maximum atomic E-state index is 11.7.